The molecule has 0 aliphatic heterocycles. The topological polar surface area (TPSA) is 73.9 Å². The fraction of sp³-hybridized carbons (Fsp3) is 0.381. The zero-order chi connectivity index (χ0) is 18.7. The molecule has 26 heavy (non-hydrogen) atoms. The van der Waals surface area contributed by atoms with Crippen molar-refractivity contribution in [1.29, 1.82) is 0 Å². The third-order valence-electron chi connectivity index (χ3n) is 4.50. The lowest BCUT2D eigenvalue weighted by Crippen LogP contribution is -2.17. The average Bonchev–Trinajstić information content (AvgIpc) is 2.66. The highest BCUT2D eigenvalue weighted by Gasteiger charge is 2.17. The first-order valence-electron chi connectivity index (χ1n) is 9.08. The molecule has 3 aromatic rings. The standard InChI is InChI=1S/C21H26N4O/c1-5-18-16-11-15(14-6-8-23-9-7-14)20(26-4)12-19(16)25-21(24-18)17(22)10-13(2)3/h6-9,11-13,17H,5,10,22H2,1-4H3. The Labute approximate surface area is 154 Å². The molecule has 0 amide bonds. The van der Waals surface area contributed by atoms with Gasteiger partial charge < -0.3 is 10.5 Å². The van der Waals surface area contributed by atoms with Gasteiger partial charge in [0, 0.05) is 29.4 Å². The van der Waals surface area contributed by atoms with Crippen LogP contribution in [0.2, 0.25) is 0 Å². The summed E-state index contributed by atoms with van der Waals surface area (Å²) in [6.45, 7) is 6.42. The lowest BCUT2D eigenvalue weighted by Gasteiger charge is -2.16. The molecule has 1 unspecified atom stereocenters. The minimum absolute atomic E-state index is 0.157. The lowest BCUT2D eigenvalue weighted by atomic mass is 10.0. The number of rotatable bonds is 6. The Morgan fingerprint density at radius 1 is 1.12 bits per heavy atom. The maximum absolute atomic E-state index is 6.34. The monoisotopic (exact) mass is 350 g/mol. The largest absolute Gasteiger partial charge is 0.496 e. The highest BCUT2D eigenvalue weighted by molar-refractivity contribution is 5.89. The van der Waals surface area contributed by atoms with E-state index in [2.05, 4.69) is 31.8 Å². The number of nitrogens with zero attached hydrogens (tertiary/aromatic N) is 3. The van der Waals surface area contributed by atoms with Crippen LogP contribution in [0.15, 0.2) is 36.7 Å². The second-order valence-corrected chi connectivity index (χ2v) is 6.92. The molecule has 0 bridgehead atoms. The van der Waals surface area contributed by atoms with Crippen LogP contribution in [0.3, 0.4) is 0 Å². The van der Waals surface area contributed by atoms with E-state index >= 15 is 0 Å². The van der Waals surface area contributed by atoms with E-state index in [-0.39, 0.29) is 6.04 Å². The van der Waals surface area contributed by atoms with Gasteiger partial charge in [0.1, 0.15) is 11.6 Å². The maximum Gasteiger partial charge on any atom is 0.145 e. The number of pyridine rings is 1. The number of nitrogens with two attached hydrogens (primary N) is 1. The smallest absolute Gasteiger partial charge is 0.145 e. The number of hydrogen-bond donors (Lipinski definition) is 1. The van der Waals surface area contributed by atoms with Gasteiger partial charge in [-0.3, -0.25) is 4.98 Å². The summed E-state index contributed by atoms with van der Waals surface area (Å²) in [5.41, 5.74) is 10.3. The zero-order valence-electron chi connectivity index (χ0n) is 15.9. The molecular formula is C21H26N4O. The third kappa shape index (κ3) is 3.68. The number of fused-ring (bicyclic) bond motifs is 1. The number of hydrogen-bond acceptors (Lipinski definition) is 5. The van der Waals surface area contributed by atoms with Crippen molar-refractivity contribution in [2.45, 2.75) is 39.7 Å². The zero-order valence-corrected chi connectivity index (χ0v) is 15.9. The van der Waals surface area contributed by atoms with Crippen LogP contribution in [0, 0.1) is 5.92 Å². The van der Waals surface area contributed by atoms with Crippen LogP contribution in [0.1, 0.15) is 44.8 Å². The Kier molecular flexibility index (Phi) is 5.47. The Balaban J connectivity index is 2.18. The summed E-state index contributed by atoms with van der Waals surface area (Å²) in [6, 6.07) is 7.89. The van der Waals surface area contributed by atoms with Crippen LogP contribution in [-0.2, 0) is 6.42 Å². The van der Waals surface area contributed by atoms with Gasteiger partial charge in [0.05, 0.1) is 24.4 Å². The fourth-order valence-corrected chi connectivity index (χ4v) is 3.21. The van der Waals surface area contributed by atoms with E-state index < -0.39 is 0 Å². The average molecular weight is 350 g/mol. The molecule has 5 nitrogen and oxygen atoms in total. The van der Waals surface area contributed by atoms with Crippen molar-refractivity contribution in [1.82, 2.24) is 15.0 Å². The Bertz CT molecular complexity index is 893. The van der Waals surface area contributed by atoms with Crippen molar-refractivity contribution in [3.63, 3.8) is 0 Å². The number of methoxy groups -OCH3 is 1. The van der Waals surface area contributed by atoms with Crippen molar-refractivity contribution in [3.05, 3.63) is 48.2 Å². The molecule has 0 aliphatic carbocycles. The van der Waals surface area contributed by atoms with Gasteiger partial charge in [-0.2, -0.15) is 0 Å². The number of benzene rings is 1. The van der Waals surface area contributed by atoms with Crippen LogP contribution in [-0.4, -0.2) is 22.1 Å². The van der Waals surface area contributed by atoms with Crippen LogP contribution < -0.4 is 10.5 Å². The molecule has 3 rings (SSSR count). The molecule has 2 N–H and O–H groups in total. The predicted octanol–water partition coefficient (Wildman–Crippen LogP) is 4.31. The van der Waals surface area contributed by atoms with Gasteiger partial charge >= 0.3 is 0 Å². The van der Waals surface area contributed by atoms with Crippen molar-refractivity contribution >= 4 is 10.9 Å². The summed E-state index contributed by atoms with van der Waals surface area (Å²) < 4.78 is 5.63. The molecule has 2 heterocycles. The van der Waals surface area contributed by atoms with Gasteiger partial charge in [0.2, 0.25) is 0 Å². The molecule has 2 aromatic heterocycles. The van der Waals surface area contributed by atoms with Crippen molar-refractivity contribution < 1.29 is 4.74 Å². The van der Waals surface area contributed by atoms with Crippen molar-refractivity contribution in [2.24, 2.45) is 11.7 Å². The van der Waals surface area contributed by atoms with E-state index in [0.29, 0.717) is 11.7 Å². The third-order valence-corrected chi connectivity index (χ3v) is 4.50. The normalized spacial score (nSPS) is 12.5. The summed E-state index contributed by atoms with van der Waals surface area (Å²) in [5, 5.41) is 1.04. The van der Waals surface area contributed by atoms with Crippen molar-refractivity contribution in [3.8, 4) is 16.9 Å². The van der Waals surface area contributed by atoms with Crippen LogP contribution >= 0.6 is 0 Å². The van der Waals surface area contributed by atoms with Crippen molar-refractivity contribution in [2.75, 3.05) is 7.11 Å². The van der Waals surface area contributed by atoms with Crippen LogP contribution in [0.25, 0.3) is 22.0 Å². The lowest BCUT2D eigenvalue weighted by molar-refractivity contribution is 0.417. The van der Waals surface area contributed by atoms with E-state index in [1.807, 2.05) is 18.2 Å². The van der Waals surface area contributed by atoms with E-state index in [9.17, 15) is 0 Å². The second kappa shape index (κ2) is 7.79. The SMILES string of the molecule is CCc1nc(C(N)CC(C)C)nc2cc(OC)c(-c3ccncc3)cc12. The highest BCUT2D eigenvalue weighted by Crippen LogP contribution is 2.34. The fourth-order valence-electron chi connectivity index (χ4n) is 3.21. The molecule has 1 aromatic carbocycles. The van der Waals surface area contributed by atoms with E-state index in [0.717, 1.165) is 46.3 Å². The molecule has 0 radical (unpaired) electrons. The molecule has 136 valence electrons. The molecule has 0 saturated heterocycles. The summed E-state index contributed by atoms with van der Waals surface area (Å²) in [5.74, 6) is 1.99. The predicted molar refractivity (Wildman–Crippen MR) is 105 cm³/mol. The number of aryl methyl sites for hydroxylation is 1. The minimum atomic E-state index is -0.157. The Morgan fingerprint density at radius 3 is 2.46 bits per heavy atom. The van der Waals surface area contributed by atoms with Crippen LogP contribution in [0.5, 0.6) is 5.75 Å². The Hall–Kier alpha value is -2.53. The minimum Gasteiger partial charge on any atom is -0.496 e. The van der Waals surface area contributed by atoms with E-state index in [1.165, 1.54) is 0 Å². The first kappa shape index (κ1) is 18.3. The molecular weight excluding hydrogens is 324 g/mol. The summed E-state index contributed by atoms with van der Waals surface area (Å²) >= 11 is 0. The second-order valence-electron chi connectivity index (χ2n) is 6.92. The quantitative estimate of drug-likeness (QED) is 0.717. The van der Waals surface area contributed by atoms with Gasteiger partial charge in [0.25, 0.3) is 0 Å². The van der Waals surface area contributed by atoms with Gasteiger partial charge in [0.15, 0.2) is 0 Å². The van der Waals surface area contributed by atoms with Gasteiger partial charge in [-0.1, -0.05) is 20.8 Å². The summed E-state index contributed by atoms with van der Waals surface area (Å²) in [6.07, 6.45) is 5.25. The molecule has 0 aliphatic rings. The van der Waals surface area contributed by atoms with Gasteiger partial charge in [-0.25, -0.2) is 9.97 Å². The van der Waals surface area contributed by atoms with Gasteiger partial charge in [-0.15, -0.1) is 0 Å². The van der Waals surface area contributed by atoms with E-state index in [1.54, 1.807) is 19.5 Å². The number of ether oxygens (including phenoxy) is 1. The summed E-state index contributed by atoms with van der Waals surface area (Å²) in [4.78, 5) is 13.6. The first-order chi connectivity index (χ1) is 12.5. The Morgan fingerprint density at radius 2 is 1.85 bits per heavy atom. The summed E-state index contributed by atoms with van der Waals surface area (Å²) in [7, 11) is 1.68. The molecule has 0 saturated carbocycles. The molecule has 0 spiro atoms. The molecule has 0 fully saturated rings. The van der Waals surface area contributed by atoms with Gasteiger partial charge in [-0.05, 0) is 42.5 Å². The van der Waals surface area contributed by atoms with Crippen LogP contribution in [0.4, 0.5) is 0 Å². The first-order valence-corrected chi connectivity index (χ1v) is 9.08. The number of aromatic nitrogens is 3. The molecule has 5 heteroatoms. The maximum atomic E-state index is 6.34. The highest BCUT2D eigenvalue weighted by atomic mass is 16.5. The molecule has 1 atom stereocenters. The van der Waals surface area contributed by atoms with E-state index in [4.69, 9.17) is 20.4 Å².